The van der Waals surface area contributed by atoms with Gasteiger partial charge >= 0.3 is 5.97 Å². The molecule has 1 N–H and O–H groups in total. The van der Waals surface area contributed by atoms with Gasteiger partial charge in [-0.25, -0.2) is 0 Å². The molecule has 0 spiro atoms. The van der Waals surface area contributed by atoms with Gasteiger partial charge in [0.1, 0.15) is 5.60 Å². The molecule has 0 heterocycles. The van der Waals surface area contributed by atoms with E-state index >= 15 is 0 Å². The largest absolute Gasteiger partial charge is 0.460 e. The van der Waals surface area contributed by atoms with E-state index in [1.54, 1.807) is 0 Å². The Hall–Kier alpha value is -0.570. The van der Waals surface area contributed by atoms with Crippen LogP contribution in [0.1, 0.15) is 53.9 Å². The zero-order valence-electron chi connectivity index (χ0n) is 11.4. The number of hydrogen-bond acceptors (Lipinski definition) is 3. The summed E-state index contributed by atoms with van der Waals surface area (Å²) in [5, 5.41) is 3.29. The normalized spacial score (nSPS) is 13.6. The minimum atomic E-state index is -0.381. The number of ether oxygens (including phenoxy) is 1. The Morgan fingerprint density at radius 2 is 1.94 bits per heavy atom. The number of rotatable bonds is 7. The topological polar surface area (TPSA) is 38.3 Å². The van der Waals surface area contributed by atoms with E-state index in [1.807, 2.05) is 27.7 Å². The van der Waals surface area contributed by atoms with Crippen LogP contribution >= 0.6 is 0 Å². The number of nitrogens with one attached hydrogen (secondary N) is 1. The Kier molecular flexibility index (Phi) is 7.39. The van der Waals surface area contributed by atoms with E-state index in [2.05, 4.69) is 12.2 Å². The van der Waals surface area contributed by atoms with Gasteiger partial charge in [-0.05, 0) is 33.7 Å². The Bertz CT molecular complexity index is 197. The van der Waals surface area contributed by atoms with Crippen molar-refractivity contribution in [3.63, 3.8) is 0 Å². The summed E-state index contributed by atoms with van der Waals surface area (Å²) in [6.45, 7) is 11.5. The van der Waals surface area contributed by atoms with Crippen molar-refractivity contribution >= 4 is 5.97 Å². The summed E-state index contributed by atoms with van der Waals surface area (Å²) in [5.41, 5.74) is -0.381. The summed E-state index contributed by atoms with van der Waals surface area (Å²) < 4.78 is 5.30. The van der Waals surface area contributed by atoms with Crippen LogP contribution < -0.4 is 5.32 Å². The predicted molar refractivity (Wildman–Crippen MR) is 67.4 cm³/mol. The molecule has 0 rings (SSSR count). The van der Waals surface area contributed by atoms with Gasteiger partial charge in [0.2, 0.25) is 0 Å². The molecule has 0 aromatic rings. The van der Waals surface area contributed by atoms with Crippen molar-refractivity contribution in [3.05, 3.63) is 0 Å². The van der Waals surface area contributed by atoms with Crippen LogP contribution in [0.5, 0.6) is 0 Å². The summed E-state index contributed by atoms with van der Waals surface area (Å²) in [7, 11) is 0. The van der Waals surface area contributed by atoms with Crippen molar-refractivity contribution in [1.82, 2.24) is 5.32 Å². The van der Waals surface area contributed by atoms with Crippen molar-refractivity contribution in [2.24, 2.45) is 5.92 Å². The Labute approximate surface area is 99.9 Å². The zero-order valence-corrected chi connectivity index (χ0v) is 11.4. The number of carbonyl (C=O) groups excluding carboxylic acids is 1. The fourth-order valence-corrected chi connectivity index (χ4v) is 1.30. The van der Waals surface area contributed by atoms with Crippen LogP contribution in [0.2, 0.25) is 0 Å². The highest BCUT2D eigenvalue weighted by atomic mass is 16.6. The third kappa shape index (κ3) is 8.72. The van der Waals surface area contributed by atoms with E-state index in [9.17, 15) is 4.79 Å². The van der Waals surface area contributed by atoms with Crippen molar-refractivity contribution in [3.8, 4) is 0 Å². The average molecular weight is 229 g/mol. The van der Waals surface area contributed by atoms with E-state index in [0.717, 1.165) is 6.54 Å². The second-order valence-corrected chi connectivity index (χ2v) is 5.35. The van der Waals surface area contributed by atoms with Crippen LogP contribution in [-0.4, -0.2) is 24.7 Å². The molecule has 3 heteroatoms. The molecule has 0 unspecified atom stereocenters. The van der Waals surface area contributed by atoms with Crippen LogP contribution in [0, 0.1) is 5.92 Å². The molecule has 0 fully saturated rings. The van der Waals surface area contributed by atoms with Crippen LogP contribution in [0.3, 0.4) is 0 Å². The molecule has 0 aromatic carbocycles. The van der Waals surface area contributed by atoms with Crippen molar-refractivity contribution < 1.29 is 9.53 Å². The van der Waals surface area contributed by atoms with Gasteiger partial charge in [0.25, 0.3) is 0 Å². The molecule has 3 nitrogen and oxygen atoms in total. The maximum Gasteiger partial charge on any atom is 0.310 e. The molecular weight excluding hydrogens is 202 g/mol. The van der Waals surface area contributed by atoms with Gasteiger partial charge in [-0.1, -0.05) is 26.7 Å². The molecule has 0 saturated heterocycles. The minimum Gasteiger partial charge on any atom is -0.460 e. The van der Waals surface area contributed by atoms with Gasteiger partial charge < -0.3 is 10.1 Å². The molecule has 0 aliphatic carbocycles. The lowest BCUT2D eigenvalue weighted by Gasteiger charge is -2.22. The first-order valence-corrected chi connectivity index (χ1v) is 6.30. The highest BCUT2D eigenvalue weighted by Gasteiger charge is 2.20. The standard InChI is InChI=1S/C13H27NO2/c1-6-7-8-9-14-10-11(2)12(15)16-13(3,4)5/h11,14H,6-10H2,1-5H3/t11-/m1/s1. The second kappa shape index (κ2) is 7.66. The first-order chi connectivity index (χ1) is 7.37. The van der Waals surface area contributed by atoms with Crippen LogP contribution in [0.4, 0.5) is 0 Å². The number of hydrogen-bond donors (Lipinski definition) is 1. The van der Waals surface area contributed by atoms with E-state index in [-0.39, 0.29) is 17.5 Å². The maximum atomic E-state index is 11.6. The Morgan fingerprint density at radius 1 is 1.31 bits per heavy atom. The molecule has 0 bridgehead atoms. The summed E-state index contributed by atoms with van der Waals surface area (Å²) in [4.78, 5) is 11.6. The molecule has 1 atom stereocenters. The fourth-order valence-electron chi connectivity index (χ4n) is 1.30. The van der Waals surface area contributed by atoms with Gasteiger partial charge in [-0.15, -0.1) is 0 Å². The number of unbranched alkanes of at least 4 members (excludes halogenated alkanes) is 2. The Balaban J connectivity index is 3.64. The molecular formula is C13H27NO2. The summed E-state index contributed by atoms with van der Waals surface area (Å²) >= 11 is 0. The molecule has 16 heavy (non-hydrogen) atoms. The molecule has 96 valence electrons. The molecule has 0 aromatic heterocycles. The van der Waals surface area contributed by atoms with E-state index in [4.69, 9.17) is 4.74 Å². The molecule has 0 aliphatic rings. The summed E-state index contributed by atoms with van der Waals surface area (Å²) in [5.74, 6) is -0.184. The fraction of sp³-hybridized carbons (Fsp3) is 0.923. The molecule has 0 aliphatic heterocycles. The molecule has 0 amide bonds. The van der Waals surface area contributed by atoms with Gasteiger partial charge in [0.15, 0.2) is 0 Å². The minimum absolute atomic E-state index is 0.0687. The van der Waals surface area contributed by atoms with Crippen molar-refractivity contribution in [2.45, 2.75) is 59.5 Å². The lowest BCUT2D eigenvalue weighted by atomic mass is 10.1. The predicted octanol–water partition coefficient (Wildman–Crippen LogP) is 2.74. The SMILES string of the molecule is CCCCCNC[C@@H](C)C(=O)OC(C)(C)C. The third-order valence-corrected chi connectivity index (χ3v) is 2.22. The number of carbonyl (C=O) groups is 1. The quantitative estimate of drug-likeness (QED) is 0.539. The van der Waals surface area contributed by atoms with E-state index in [1.165, 1.54) is 19.3 Å². The molecule has 0 radical (unpaired) electrons. The second-order valence-electron chi connectivity index (χ2n) is 5.35. The number of esters is 1. The van der Waals surface area contributed by atoms with Crippen molar-refractivity contribution in [1.29, 1.82) is 0 Å². The first kappa shape index (κ1) is 15.4. The highest BCUT2D eigenvalue weighted by Crippen LogP contribution is 2.10. The van der Waals surface area contributed by atoms with Crippen LogP contribution in [0.25, 0.3) is 0 Å². The Morgan fingerprint density at radius 3 is 2.44 bits per heavy atom. The monoisotopic (exact) mass is 229 g/mol. The summed E-state index contributed by atoms with van der Waals surface area (Å²) in [6, 6.07) is 0. The lowest BCUT2D eigenvalue weighted by Crippen LogP contribution is -2.33. The van der Waals surface area contributed by atoms with E-state index < -0.39 is 0 Å². The van der Waals surface area contributed by atoms with E-state index in [0.29, 0.717) is 6.54 Å². The zero-order chi connectivity index (χ0) is 12.6. The summed E-state index contributed by atoms with van der Waals surface area (Å²) in [6.07, 6.45) is 3.65. The van der Waals surface area contributed by atoms with Gasteiger partial charge in [-0.3, -0.25) is 4.79 Å². The molecule has 0 saturated carbocycles. The highest BCUT2D eigenvalue weighted by molar-refractivity contribution is 5.72. The van der Waals surface area contributed by atoms with Gasteiger partial charge in [-0.2, -0.15) is 0 Å². The van der Waals surface area contributed by atoms with Gasteiger partial charge in [0.05, 0.1) is 5.92 Å². The first-order valence-electron chi connectivity index (χ1n) is 6.30. The average Bonchev–Trinajstić information content (AvgIpc) is 2.14. The third-order valence-electron chi connectivity index (χ3n) is 2.22. The maximum absolute atomic E-state index is 11.6. The lowest BCUT2D eigenvalue weighted by molar-refractivity contribution is -0.159. The smallest absolute Gasteiger partial charge is 0.310 e. The van der Waals surface area contributed by atoms with Crippen LogP contribution in [-0.2, 0) is 9.53 Å². The van der Waals surface area contributed by atoms with Crippen molar-refractivity contribution in [2.75, 3.05) is 13.1 Å². The van der Waals surface area contributed by atoms with Gasteiger partial charge in [0, 0.05) is 6.54 Å². The van der Waals surface area contributed by atoms with Crippen LogP contribution in [0.15, 0.2) is 0 Å².